The Labute approximate surface area is 144 Å². The summed E-state index contributed by atoms with van der Waals surface area (Å²) < 4.78 is 0. The number of piperidine rings is 1. The minimum atomic E-state index is -0.102. The molecule has 130 valence electrons. The van der Waals surface area contributed by atoms with Crippen LogP contribution >= 0.6 is 0 Å². The highest BCUT2D eigenvalue weighted by Crippen LogP contribution is 2.33. The van der Waals surface area contributed by atoms with E-state index in [0.29, 0.717) is 6.54 Å². The summed E-state index contributed by atoms with van der Waals surface area (Å²) in [6.45, 7) is 7.81. The number of benzene rings is 1. The SMILES string of the molecule is CC(C)(C)c1ccccc1NC(=O)[C@H]1CCCN(C(=O)C2CC2)C1. The van der Waals surface area contributed by atoms with Crippen molar-refractivity contribution in [2.24, 2.45) is 11.8 Å². The third kappa shape index (κ3) is 3.80. The maximum Gasteiger partial charge on any atom is 0.229 e. The molecule has 1 atom stereocenters. The van der Waals surface area contributed by atoms with E-state index in [-0.39, 0.29) is 29.1 Å². The Morgan fingerprint density at radius 3 is 2.46 bits per heavy atom. The fourth-order valence-electron chi connectivity index (χ4n) is 3.46. The van der Waals surface area contributed by atoms with Gasteiger partial charge in [-0.3, -0.25) is 9.59 Å². The van der Waals surface area contributed by atoms with Gasteiger partial charge in [0.1, 0.15) is 0 Å². The van der Waals surface area contributed by atoms with Crippen LogP contribution in [0.4, 0.5) is 5.69 Å². The number of likely N-dealkylation sites (tertiary alicyclic amines) is 1. The van der Waals surface area contributed by atoms with Gasteiger partial charge in [-0.2, -0.15) is 0 Å². The summed E-state index contributed by atoms with van der Waals surface area (Å²) in [6, 6.07) is 8.00. The Balaban J connectivity index is 1.68. The monoisotopic (exact) mass is 328 g/mol. The Morgan fingerprint density at radius 1 is 1.08 bits per heavy atom. The zero-order valence-corrected chi connectivity index (χ0v) is 15.0. The number of rotatable bonds is 3. The van der Waals surface area contributed by atoms with E-state index in [2.05, 4.69) is 32.2 Å². The van der Waals surface area contributed by atoms with Gasteiger partial charge in [0.05, 0.1) is 5.92 Å². The van der Waals surface area contributed by atoms with Gasteiger partial charge >= 0.3 is 0 Å². The first kappa shape index (κ1) is 17.0. The maximum atomic E-state index is 12.8. The topological polar surface area (TPSA) is 49.4 Å². The molecule has 1 saturated heterocycles. The van der Waals surface area contributed by atoms with Gasteiger partial charge in [0.25, 0.3) is 0 Å². The van der Waals surface area contributed by atoms with E-state index in [1.807, 2.05) is 23.1 Å². The van der Waals surface area contributed by atoms with Crippen molar-refractivity contribution in [1.29, 1.82) is 0 Å². The van der Waals surface area contributed by atoms with Gasteiger partial charge in [-0.05, 0) is 42.7 Å². The van der Waals surface area contributed by atoms with Crippen molar-refractivity contribution in [2.75, 3.05) is 18.4 Å². The molecule has 24 heavy (non-hydrogen) atoms. The van der Waals surface area contributed by atoms with Crippen LogP contribution < -0.4 is 5.32 Å². The largest absolute Gasteiger partial charge is 0.342 e. The predicted octanol–water partition coefficient (Wildman–Crippen LogP) is 3.57. The molecule has 0 spiro atoms. The van der Waals surface area contributed by atoms with Crippen LogP contribution in [-0.2, 0) is 15.0 Å². The second-order valence-electron chi connectivity index (χ2n) is 8.18. The maximum absolute atomic E-state index is 12.8. The summed E-state index contributed by atoms with van der Waals surface area (Å²) in [4.78, 5) is 26.9. The van der Waals surface area contributed by atoms with E-state index < -0.39 is 0 Å². The zero-order chi connectivity index (χ0) is 17.3. The van der Waals surface area contributed by atoms with Crippen LogP contribution in [0.3, 0.4) is 0 Å². The van der Waals surface area contributed by atoms with Crippen molar-refractivity contribution < 1.29 is 9.59 Å². The van der Waals surface area contributed by atoms with Gasteiger partial charge in [0, 0.05) is 24.7 Å². The van der Waals surface area contributed by atoms with E-state index in [1.165, 1.54) is 0 Å². The molecule has 1 heterocycles. The molecule has 0 radical (unpaired) electrons. The third-order valence-corrected chi connectivity index (χ3v) is 5.02. The van der Waals surface area contributed by atoms with Gasteiger partial charge in [-0.15, -0.1) is 0 Å². The van der Waals surface area contributed by atoms with E-state index in [4.69, 9.17) is 0 Å². The zero-order valence-electron chi connectivity index (χ0n) is 15.0. The molecule has 4 nitrogen and oxygen atoms in total. The molecule has 2 aliphatic rings. The Morgan fingerprint density at radius 2 is 1.79 bits per heavy atom. The summed E-state index contributed by atoms with van der Waals surface area (Å²) in [6.07, 6.45) is 3.81. The summed E-state index contributed by atoms with van der Waals surface area (Å²) >= 11 is 0. The highest BCUT2D eigenvalue weighted by Gasteiger charge is 2.36. The Kier molecular flexibility index (Phi) is 4.66. The van der Waals surface area contributed by atoms with Crippen LogP contribution in [0.1, 0.15) is 52.0 Å². The first-order valence-electron chi connectivity index (χ1n) is 9.05. The summed E-state index contributed by atoms with van der Waals surface area (Å²) in [5.74, 6) is 0.422. The molecule has 1 aromatic carbocycles. The number of hydrogen-bond donors (Lipinski definition) is 1. The fourth-order valence-corrected chi connectivity index (χ4v) is 3.46. The molecular weight excluding hydrogens is 300 g/mol. The summed E-state index contributed by atoms with van der Waals surface area (Å²) in [7, 11) is 0. The van der Waals surface area contributed by atoms with E-state index in [0.717, 1.165) is 43.5 Å². The molecule has 3 rings (SSSR count). The fraction of sp³-hybridized carbons (Fsp3) is 0.600. The number of para-hydroxylation sites is 1. The Hall–Kier alpha value is -1.84. The average molecular weight is 328 g/mol. The highest BCUT2D eigenvalue weighted by atomic mass is 16.2. The van der Waals surface area contributed by atoms with E-state index in [9.17, 15) is 9.59 Å². The van der Waals surface area contributed by atoms with Gasteiger partial charge in [-0.25, -0.2) is 0 Å². The highest BCUT2D eigenvalue weighted by molar-refractivity contribution is 5.94. The lowest BCUT2D eigenvalue weighted by atomic mass is 9.85. The first-order chi connectivity index (χ1) is 11.4. The van der Waals surface area contributed by atoms with Crippen LogP contribution in [0.2, 0.25) is 0 Å². The van der Waals surface area contributed by atoms with Crippen molar-refractivity contribution in [3.8, 4) is 0 Å². The number of carbonyl (C=O) groups excluding carboxylic acids is 2. The van der Waals surface area contributed by atoms with Crippen LogP contribution in [0.15, 0.2) is 24.3 Å². The number of hydrogen-bond acceptors (Lipinski definition) is 2. The molecule has 1 aromatic rings. The molecule has 4 heteroatoms. The van der Waals surface area contributed by atoms with Crippen molar-refractivity contribution in [3.63, 3.8) is 0 Å². The van der Waals surface area contributed by atoms with E-state index in [1.54, 1.807) is 0 Å². The number of carbonyl (C=O) groups is 2. The van der Waals surface area contributed by atoms with Gasteiger partial charge in [-0.1, -0.05) is 39.0 Å². The number of nitrogens with one attached hydrogen (secondary N) is 1. The van der Waals surface area contributed by atoms with Crippen LogP contribution in [-0.4, -0.2) is 29.8 Å². The molecule has 1 N–H and O–H groups in total. The first-order valence-corrected chi connectivity index (χ1v) is 9.05. The smallest absolute Gasteiger partial charge is 0.229 e. The molecule has 2 fully saturated rings. The molecule has 0 bridgehead atoms. The van der Waals surface area contributed by atoms with Gasteiger partial charge in [0.2, 0.25) is 11.8 Å². The molecule has 1 aliphatic carbocycles. The minimum Gasteiger partial charge on any atom is -0.342 e. The van der Waals surface area contributed by atoms with Crippen LogP contribution in [0, 0.1) is 11.8 Å². The summed E-state index contributed by atoms with van der Waals surface area (Å²) in [5, 5.41) is 3.11. The summed E-state index contributed by atoms with van der Waals surface area (Å²) in [5.41, 5.74) is 2.01. The number of nitrogens with zero attached hydrogens (tertiary/aromatic N) is 1. The van der Waals surface area contributed by atoms with E-state index >= 15 is 0 Å². The van der Waals surface area contributed by atoms with Crippen LogP contribution in [0.25, 0.3) is 0 Å². The molecule has 0 aromatic heterocycles. The second-order valence-corrected chi connectivity index (χ2v) is 8.18. The number of amides is 2. The van der Waals surface area contributed by atoms with Crippen molar-refractivity contribution in [1.82, 2.24) is 4.90 Å². The van der Waals surface area contributed by atoms with Crippen molar-refractivity contribution in [2.45, 2.75) is 51.9 Å². The lowest BCUT2D eigenvalue weighted by molar-refractivity contribution is -0.135. The van der Waals surface area contributed by atoms with Crippen molar-refractivity contribution >= 4 is 17.5 Å². The average Bonchev–Trinajstić information content (AvgIpc) is 3.38. The lowest BCUT2D eigenvalue weighted by Crippen LogP contribution is -2.44. The molecule has 1 aliphatic heterocycles. The van der Waals surface area contributed by atoms with Gasteiger partial charge in [0.15, 0.2) is 0 Å². The van der Waals surface area contributed by atoms with Crippen molar-refractivity contribution in [3.05, 3.63) is 29.8 Å². The minimum absolute atomic E-state index is 0.0234. The molecule has 0 unspecified atom stereocenters. The predicted molar refractivity (Wildman–Crippen MR) is 95.8 cm³/mol. The lowest BCUT2D eigenvalue weighted by Gasteiger charge is -2.32. The normalized spacial score (nSPS) is 21.5. The number of anilines is 1. The quantitative estimate of drug-likeness (QED) is 0.922. The van der Waals surface area contributed by atoms with Crippen LogP contribution in [0.5, 0.6) is 0 Å². The second kappa shape index (κ2) is 6.58. The molecule has 2 amide bonds. The molecular formula is C20H28N2O2. The van der Waals surface area contributed by atoms with Gasteiger partial charge < -0.3 is 10.2 Å². The third-order valence-electron chi connectivity index (χ3n) is 5.02. The standard InChI is InChI=1S/C20H28N2O2/c1-20(2,3)16-8-4-5-9-17(16)21-18(23)15-7-6-12-22(13-15)19(24)14-10-11-14/h4-5,8-9,14-15H,6-7,10-13H2,1-3H3,(H,21,23)/t15-/m0/s1. The Bertz CT molecular complexity index is 629. The molecule has 1 saturated carbocycles.